The predicted octanol–water partition coefficient (Wildman–Crippen LogP) is 2.07. The van der Waals surface area contributed by atoms with Crippen LogP contribution in [0.5, 0.6) is 0 Å². The van der Waals surface area contributed by atoms with E-state index in [1.807, 2.05) is 60.7 Å². The lowest BCUT2D eigenvalue weighted by Gasteiger charge is -2.14. The van der Waals surface area contributed by atoms with Crippen molar-refractivity contribution in [3.05, 3.63) is 71.8 Å². The Bertz CT molecular complexity index is 654. The molecule has 3 rings (SSSR count). The fraction of sp³-hybridized carbons (Fsp3) is 0.125. The van der Waals surface area contributed by atoms with Crippen LogP contribution < -0.4 is 11.3 Å². The van der Waals surface area contributed by atoms with Crippen molar-refractivity contribution >= 4 is 11.7 Å². The largest absolute Gasteiger partial charge is 0.351 e. The standard InChI is InChI=1S/C16H16N4O/c17-18-16(21)20-11-14(12-7-3-1-4-8-12)15(19-20)13-9-5-2-6-10-13/h1-10,14H,11,17H2,(H,18,21). The summed E-state index contributed by atoms with van der Waals surface area (Å²) in [4.78, 5) is 11.8. The first-order valence-corrected chi connectivity index (χ1v) is 6.76. The molecule has 21 heavy (non-hydrogen) atoms. The highest BCUT2D eigenvalue weighted by Gasteiger charge is 2.31. The lowest BCUT2D eigenvalue weighted by molar-refractivity contribution is 0.204. The van der Waals surface area contributed by atoms with Crippen molar-refractivity contribution in [2.24, 2.45) is 10.9 Å². The van der Waals surface area contributed by atoms with Crippen molar-refractivity contribution in [1.29, 1.82) is 0 Å². The molecule has 0 saturated heterocycles. The van der Waals surface area contributed by atoms with Crippen molar-refractivity contribution in [1.82, 2.24) is 10.4 Å². The normalized spacial score (nSPS) is 17.5. The zero-order chi connectivity index (χ0) is 14.7. The number of rotatable bonds is 2. The summed E-state index contributed by atoms with van der Waals surface area (Å²) in [6, 6.07) is 19.5. The monoisotopic (exact) mass is 280 g/mol. The maximum Gasteiger partial charge on any atom is 0.351 e. The molecule has 0 bridgehead atoms. The Kier molecular flexibility index (Phi) is 3.66. The second kappa shape index (κ2) is 5.76. The van der Waals surface area contributed by atoms with E-state index in [-0.39, 0.29) is 5.92 Å². The highest BCUT2D eigenvalue weighted by atomic mass is 16.2. The molecule has 3 N–H and O–H groups in total. The summed E-state index contributed by atoms with van der Waals surface area (Å²) < 4.78 is 0. The molecule has 0 saturated carbocycles. The first-order valence-electron chi connectivity index (χ1n) is 6.76. The van der Waals surface area contributed by atoms with Crippen LogP contribution in [0.25, 0.3) is 0 Å². The van der Waals surface area contributed by atoms with E-state index in [2.05, 4.69) is 10.5 Å². The molecule has 0 spiro atoms. The Hall–Kier alpha value is -2.66. The first-order chi connectivity index (χ1) is 10.3. The van der Waals surface area contributed by atoms with Crippen LogP contribution in [-0.4, -0.2) is 23.3 Å². The molecule has 2 aromatic carbocycles. The van der Waals surface area contributed by atoms with Gasteiger partial charge < -0.3 is 0 Å². The molecule has 2 amide bonds. The molecule has 0 aliphatic carbocycles. The van der Waals surface area contributed by atoms with Gasteiger partial charge in [0.2, 0.25) is 0 Å². The summed E-state index contributed by atoms with van der Waals surface area (Å²) in [7, 11) is 0. The summed E-state index contributed by atoms with van der Waals surface area (Å²) in [5.74, 6) is 5.26. The molecular weight excluding hydrogens is 264 g/mol. The molecule has 1 heterocycles. The number of nitrogens with one attached hydrogen (secondary N) is 1. The number of carbonyl (C=O) groups excluding carboxylic acids is 1. The number of urea groups is 1. The number of benzene rings is 2. The molecule has 1 unspecified atom stereocenters. The van der Waals surface area contributed by atoms with Gasteiger partial charge in [0.1, 0.15) is 0 Å². The molecule has 1 atom stereocenters. The van der Waals surface area contributed by atoms with E-state index >= 15 is 0 Å². The van der Waals surface area contributed by atoms with E-state index in [1.165, 1.54) is 5.01 Å². The molecule has 0 fully saturated rings. The van der Waals surface area contributed by atoms with Crippen LogP contribution in [0.15, 0.2) is 65.8 Å². The molecule has 5 nitrogen and oxygen atoms in total. The quantitative estimate of drug-likeness (QED) is 0.502. The van der Waals surface area contributed by atoms with Crippen LogP contribution in [0, 0.1) is 0 Å². The van der Waals surface area contributed by atoms with Crippen molar-refractivity contribution in [2.75, 3.05) is 6.54 Å². The Morgan fingerprint density at radius 2 is 1.71 bits per heavy atom. The van der Waals surface area contributed by atoms with Gasteiger partial charge in [-0.05, 0) is 11.1 Å². The van der Waals surface area contributed by atoms with Crippen LogP contribution >= 0.6 is 0 Å². The Balaban J connectivity index is 2.00. The molecule has 0 aromatic heterocycles. The van der Waals surface area contributed by atoms with Crippen molar-refractivity contribution in [3.63, 3.8) is 0 Å². The number of hydrazone groups is 1. The smallest absolute Gasteiger partial charge is 0.274 e. The van der Waals surface area contributed by atoms with Gasteiger partial charge in [-0.25, -0.2) is 15.6 Å². The van der Waals surface area contributed by atoms with Crippen LogP contribution in [-0.2, 0) is 0 Å². The zero-order valence-corrected chi connectivity index (χ0v) is 11.4. The molecule has 106 valence electrons. The summed E-state index contributed by atoms with van der Waals surface area (Å²) in [6.07, 6.45) is 0. The van der Waals surface area contributed by atoms with Gasteiger partial charge in [-0.2, -0.15) is 5.10 Å². The maximum atomic E-state index is 11.8. The van der Waals surface area contributed by atoms with Gasteiger partial charge >= 0.3 is 6.03 Å². The molecular formula is C16H16N4O. The third-order valence-corrected chi connectivity index (χ3v) is 3.54. The van der Waals surface area contributed by atoms with Crippen molar-refractivity contribution in [2.45, 2.75) is 5.92 Å². The number of hydrogen-bond donors (Lipinski definition) is 2. The lowest BCUT2D eigenvalue weighted by atomic mass is 9.91. The van der Waals surface area contributed by atoms with E-state index < -0.39 is 6.03 Å². The third-order valence-electron chi connectivity index (χ3n) is 3.54. The topological polar surface area (TPSA) is 70.7 Å². The summed E-state index contributed by atoms with van der Waals surface area (Å²) in [5.41, 5.74) is 5.16. The van der Waals surface area contributed by atoms with Gasteiger partial charge in [-0.1, -0.05) is 60.7 Å². The van der Waals surface area contributed by atoms with E-state index in [4.69, 9.17) is 5.84 Å². The van der Waals surface area contributed by atoms with E-state index in [0.29, 0.717) is 6.54 Å². The Morgan fingerprint density at radius 1 is 1.10 bits per heavy atom. The minimum absolute atomic E-state index is 0.0471. The molecule has 1 aliphatic heterocycles. The van der Waals surface area contributed by atoms with Crippen LogP contribution in [0.2, 0.25) is 0 Å². The fourth-order valence-electron chi connectivity index (χ4n) is 2.52. The highest BCUT2D eigenvalue weighted by Crippen LogP contribution is 2.28. The van der Waals surface area contributed by atoms with Gasteiger partial charge in [0.05, 0.1) is 12.3 Å². The number of nitrogens with two attached hydrogens (primary N) is 1. The highest BCUT2D eigenvalue weighted by molar-refractivity contribution is 6.07. The van der Waals surface area contributed by atoms with Crippen LogP contribution in [0.4, 0.5) is 4.79 Å². The lowest BCUT2D eigenvalue weighted by Crippen LogP contribution is -2.40. The minimum Gasteiger partial charge on any atom is -0.274 e. The SMILES string of the molecule is NNC(=O)N1CC(c2ccccc2)C(c2ccccc2)=N1. The molecule has 5 heteroatoms. The predicted molar refractivity (Wildman–Crippen MR) is 81.6 cm³/mol. The van der Waals surface area contributed by atoms with Gasteiger partial charge in [-0.15, -0.1) is 0 Å². The number of carbonyl (C=O) groups is 1. The molecule has 0 radical (unpaired) electrons. The minimum atomic E-state index is -0.401. The number of hydrogen-bond acceptors (Lipinski definition) is 3. The maximum absolute atomic E-state index is 11.8. The fourth-order valence-corrected chi connectivity index (χ4v) is 2.52. The average Bonchev–Trinajstić information content (AvgIpc) is 3.01. The number of nitrogens with zero attached hydrogens (tertiary/aromatic N) is 2. The summed E-state index contributed by atoms with van der Waals surface area (Å²) in [5, 5.41) is 5.82. The summed E-state index contributed by atoms with van der Waals surface area (Å²) in [6.45, 7) is 0.483. The van der Waals surface area contributed by atoms with Gasteiger partial charge in [-0.3, -0.25) is 5.43 Å². The van der Waals surface area contributed by atoms with Gasteiger partial charge in [0.25, 0.3) is 0 Å². The first kappa shape index (κ1) is 13.3. The Morgan fingerprint density at radius 3 is 2.33 bits per heavy atom. The average molecular weight is 280 g/mol. The second-order valence-corrected chi connectivity index (χ2v) is 4.85. The third kappa shape index (κ3) is 2.64. The molecule has 2 aromatic rings. The molecule has 1 aliphatic rings. The van der Waals surface area contributed by atoms with E-state index in [9.17, 15) is 4.79 Å². The number of hydrazine groups is 1. The van der Waals surface area contributed by atoms with Gasteiger partial charge in [0, 0.05) is 5.92 Å². The van der Waals surface area contributed by atoms with E-state index in [1.54, 1.807) is 0 Å². The van der Waals surface area contributed by atoms with Crippen LogP contribution in [0.1, 0.15) is 17.0 Å². The van der Waals surface area contributed by atoms with Crippen molar-refractivity contribution in [3.8, 4) is 0 Å². The zero-order valence-electron chi connectivity index (χ0n) is 11.4. The van der Waals surface area contributed by atoms with Crippen molar-refractivity contribution < 1.29 is 4.79 Å². The summed E-state index contributed by atoms with van der Waals surface area (Å²) >= 11 is 0. The second-order valence-electron chi connectivity index (χ2n) is 4.85. The van der Waals surface area contributed by atoms with Crippen LogP contribution in [0.3, 0.4) is 0 Å². The van der Waals surface area contributed by atoms with Gasteiger partial charge in [0.15, 0.2) is 0 Å². The Labute approximate surface area is 123 Å². The number of amides is 2. The van der Waals surface area contributed by atoms with E-state index in [0.717, 1.165) is 16.8 Å².